The first-order valence-electron chi connectivity index (χ1n) is 22.8. The number of sulfonamides is 1. The lowest BCUT2D eigenvalue weighted by molar-refractivity contribution is -0.142. The third kappa shape index (κ3) is 9.85. The van der Waals surface area contributed by atoms with E-state index in [0.29, 0.717) is 30.3 Å². The van der Waals surface area contributed by atoms with E-state index in [-0.39, 0.29) is 37.3 Å². The molecule has 4 saturated carbocycles. The quantitative estimate of drug-likeness (QED) is 0.215. The number of hydrogen-bond donors (Lipinski definition) is 3. The zero-order chi connectivity index (χ0) is 43.8. The van der Waals surface area contributed by atoms with Crippen LogP contribution in [-0.2, 0) is 35.6 Å². The van der Waals surface area contributed by atoms with E-state index in [1.165, 1.54) is 24.2 Å². The first kappa shape index (κ1) is 44.6. The van der Waals surface area contributed by atoms with Crippen LogP contribution in [0.1, 0.15) is 122 Å². The maximum Gasteiger partial charge on any atom is 0.407 e. The molecular weight excluding hydrogens is 831 g/mol. The van der Waals surface area contributed by atoms with Crippen molar-refractivity contribution in [3.05, 3.63) is 36.4 Å². The molecule has 1 aromatic heterocycles. The van der Waals surface area contributed by atoms with Gasteiger partial charge in [0.05, 0.1) is 31.0 Å². The van der Waals surface area contributed by atoms with Gasteiger partial charge in [0.2, 0.25) is 21.8 Å². The topological polar surface area (TPSA) is 182 Å². The number of nitrogens with one attached hydrogen (secondary N) is 3. The van der Waals surface area contributed by atoms with E-state index in [9.17, 15) is 22.8 Å². The van der Waals surface area contributed by atoms with Crippen molar-refractivity contribution in [1.29, 1.82) is 0 Å². The number of cyclic esters (lactones) is 1. The first-order valence-corrected chi connectivity index (χ1v) is 25.2. The minimum absolute atomic E-state index is 0.0297. The number of carbonyl (C=O) groups excluding carboxylic acids is 4. The molecule has 2 aromatic rings. The molecule has 5 atom stereocenters. The van der Waals surface area contributed by atoms with Gasteiger partial charge < -0.3 is 29.7 Å². The number of carbonyl (C=O) groups is 4. The summed E-state index contributed by atoms with van der Waals surface area (Å²) in [5, 5.41) is 7.27. The Morgan fingerprint density at radius 3 is 2.42 bits per heavy atom. The Morgan fingerprint density at radius 2 is 1.74 bits per heavy atom. The van der Waals surface area contributed by atoms with Crippen molar-refractivity contribution in [3.8, 4) is 11.5 Å². The molecule has 6 aliphatic rings. The number of hydrogen-bond acceptors (Lipinski definition) is 11. The summed E-state index contributed by atoms with van der Waals surface area (Å²) >= 11 is 1.75. The van der Waals surface area contributed by atoms with Gasteiger partial charge in [0.25, 0.3) is 5.91 Å². The first-order chi connectivity index (χ1) is 29.7. The normalized spacial score (nSPS) is 28.8. The minimum Gasteiger partial charge on any atom is -0.496 e. The summed E-state index contributed by atoms with van der Waals surface area (Å²) in [4.78, 5) is 63.8. The Kier molecular flexibility index (Phi) is 13.1. The predicted octanol–water partition coefficient (Wildman–Crippen LogP) is 6.72. The van der Waals surface area contributed by atoms with Crippen LogP contribution in [0.4, 0.5) is 4.79 Å². The molecule has 62 heavy (non-hydrogen) atoms. The van der Waals surface area contributed by atoms with E-state index in [0.717, 1.165) is 85.0 Å². The van der Waals surface area contributed by atoms with Crippen molar-refractivity contribution in [1.82, 2.24) is 25.2 Å². The molecule has 1 unspecified atom stereocenters. The molecule has 16 heteroatoms. The maximum absolute atomic E-state index is 15.1. The molecule has 1 aromatic carbocycles. The molecule has 4 amide bonds. The molecule has 4 bridgehead atoms. The van der Waals surface area contributed by atoms with E-state index < -0.39 is 68.7 Å². The van der Waals surface area contributed by atoms with E-state index >= 15 is 4.79 Å². The average Bonchev–Trinajstić information content (AvgIpc) is 4.19. The Bertz CT molecular complexity index is 2170. The lowest BCUT2D eigenvalue weighted by Gasteiger charge is -2.35. The van der Waals surface area contributed by atoms with Gasteiger partial charge in [-0.2, -0.15) is 0 Å². The molecule has 5 fully saturated rings. The third-order valence-corrected chi connectivity index (χ3v) is 17.0. The van der Waals surface area contributed by atoms with E-state index in [4.69, 9.17) is 19.2 Å². The van der Waals surface area contributed by atoms with Crippen molar-refractivity contribution in [2.45, 2.75) is 162 Å². The second-order valence-electron chi connectivity index (χ2n) is 19.3. The summed E-state index contributed by atoms with van der Waals surface area (Å²) in [7, 11) is -2.25. The lowest BCUT2D eigenvalue weighted by Crippen LogP contribution is -2.59. The van der Waals surface area contributed by atoms with Crippen LogP contribution in [0.15, 0.2) is 35.9 Å². The van der Waals surface area contributed by atoms with Gasteiger partial charge in [-0.25, -0.2) is 18.2 Å². The molecule has 8 rings (SSSR count). The van der Waals surface area contributed by atoms with Crippen molar-refractivity contribution >= 4 is 56.5 Å². The van der Waals surface area contributed by atoms with Gasteiger partial charge in [-0.15, -0.1) is 18.3 Å². The number of fused-ring (bicyclic) bond motifs is 3. The van der Waals surface area contributed by atoms with Crippen molar-refractivity contribution < 1.29 is 41.8 Å². The van der Waals surface area contributed by atoms with Gasteiger partial charge in [0.1, 0.15) is 40.3 Å². The highest BCUT2D eigenvalue weighted by Gasteiger charge is 2.62. The van der Waals surface area contributed by atoms with E-state index in [1.807, 2.05) is 12.1 Å². The highest BCUT2D eigenvalue weighted by atomic mass is 32.2. The Labute approximate surface area is 369 Å². The standard InChI is InChI=1S/C46H63N5O9S2/c1-5-30-25-46(30,43(54)50-62(56,57)33-18-19-33)49-41(52)36-22-31-26-51(36)42(53)40(28-13-8-6-9-14-28)48-44(55)59-27-45(2,3)20-12-15-29-21-34-35(23-37(29)58-4)47-39(24-38(34)60-31)61-32-16-10-7-11-17-32/h5,21,23-24,28,30-33,36,40H,1,6-20,22,25-27H2,2-4H3,(H,48,55)(H,49,52)(H,50,54)/t30-,31-,36+,40+,46?/m1/s1. The maximum atomic E-state index is 15.1. The Morgan fingerprint density at radius 1 is 1.02 bits per heavy atom. The third-order valence-electron chi connectivity index (χ3n) is 13.9. The van der Waals surface area contributed by atoms with Crippen molar-refractivity contribution in [2.24, 2.45) is 17.3 Å². The molecular formula is C46H63N5O9S2. The number of benzene rings is 1. The summed E-state index contributed by atoms with van der Waals surface area (Å²) in [6.07, 6.45) is 13.7. The van der Waals surface area contributed by atoms with Crippen LogP contribution in [0.5, 0.6) is 11.5 Å². The summed E-state index contributed by atoms with van der Waals surface area (Å²) in [5.41, 5.74) is -0.196. The van der Waals surface area contributed by atoms with Gasteiger partial charge >= 0.3 is 6.09 Å². The van der Waals surface area contributed by atoms with Crippen LogP contribution in [0.25, 0.3) is 10.9 Å². The fraction of sp³-hybridized carbons (Fsp3) is 0.674. The number of pyridine rings is 1. The molecule has 1 saturated heterocycles. The number of nitrogens with zero attached hydrogens (tertiary/aromatic N) is 2. The number of alkyl carbamates (subject to hydrolysis) is 1. The molecule has 3 N–H and O–H groups in total. The zero-order valence-electron chi connectivity index (χ0n) is 36.4. The highest BCUT2D eigenvalue weighted by molar-refractivity contribution is 7.99. The van der Waals surface area contributed by atoms with Crippen LogP contribution in [0.2, 0.25) is 0 Å². The molecule has 14 nitrogen and oxygen atoms in total. The second kappa shape index (κ2) is 18.2. The SMILES string of the molecule is C=C[C@@H]1CC1(NC(=O)[C@@H]1C[C@@H]2CN1C(=O)[C@H](C1CCCCC1)NC(=O)OCC(C)(C)CCCc1cc3c(cc(SC4CCCCC4)nc3cc1OC)O2)C(=O)NS(=O)(=O)C1CC1. The Hall–Kier alpha value is -4.05. The van der Waals surface area contributed by atoms with E-state index in [2.05, 4.69) is 41.8 Å². The monoisotopic (exact) mass is 893 g/mol. The van der Waals surface area contributed by atoms with Crippen LogP contribution < -0.4 is 24.8 Å². The van der Waals surface area contributed by atoms with E-state index in [1.54, 1.807) is 24.9 Å². The number of rotatable bonds is 10. The molecule has 0 radical (unpaired) electrons. The number of amides is 4. The summed E-state index contributed by atoms with van der Waals surface area (Å²) in [5.74, 6) is -1.21. The average molecular weight is 894 g/mol. The molecule has 3 heterocycles. The van der Waals surface area contributed by atoms with Gasteiger partial charge in [0, 0.05) is 35.1 Å². The predicted molar refractivity (Wildman–Crippen MR) is 236 cm³/mol. The summed E-state index contributed by atoms with van der Waals surface area (Å²) in [6, 6.07) is 3.96. The Balaban J connectivity index is 1.17. The van der Waals surface area contributed by atoms with Crippen molar-refractivity contribution in [3.63, 3.8) is 0 Å². The highest BCUT2D eigenvalue weighted by Crippen LogP contribution is 2.46. The fourth-order valence-corrected chi connectivity index (χ4v) is 12.6. The molecule has 338 valence electrons. The second-order valence-corrected chi connectivity index (χ2v) is 22.6. The van der Waals surface area contributed by atoms with Crippen LogP contribution >= 0.6 is 11.8 Å². The van der Waals surface area contributed by atoms with Gasteiger partial charge in [-0.05, 0) is 87.2 Å². The number of ether oxygens (including phenoxy) is 3. The zero-order valence-corrected chi connectivity index (χ0v) is 38.0. The van der Waals surface area contributed by atoms with Gasteiger partial charge in [-0.3, -0.25) is 19.1 Å². The summed E-state index contributed by atoms with van der Waals surface area (Å²) in [6.45, 7) is 8.13. The van der Waals surface area contributed by atoms with Crippen LogP contribution in [0, 0.1) is 17.3 Å². The molecule has 4 aliphatic carbocycles. The largest absolute Gasteiger partial charge is 0.496 e. The molecule has 2 aliphatic heterocycles. The number of aromatic nitrogens is 1. The van der Waals surface area contributed by atoms with Crippen LogP contribution in [0.3, 0.4) is 0 Å². The lowest BCUT2D eigenvalue weighted by atomic mass is 9.83. The fourth-order valence-electron chi connectivity index (χ4n) is 10.0. The smallest absolute Gasteiger partial charge is 0.407 e. The number of thioether (sulfide) groups is 1. The molecule has 0 spiro atoms. The minimum atomic E-state index is -3.91. The van der Waals surface area contributed by atoms with Crippen molar-refractivity contribution in [2.75, 3.05) is 20.3 Å². The van der Waals surface area contributed by atoms with Gasteiger partial charge in [0.15, 0.2) is 0 Å². The summed E-state index contributed by atoms with van der Waals surface area (Å²) < 4.78 is 46.7. The number of aryl methyl sites for hydroxylation is 1. The number of methoxy groups -OCH3 is 1. The van der Waals surface area contributed by atoms with Crippen LogP contribution in [-0.4, -0.2) is 96.6 Å². The van der Waals surface area contributed by atoms with Gasteiger partial charge in [-0.1, -0.05) is 58.4 Å².